The molecule has 0 aliphatic carbocycles. The molecule has 10 heavy (non-hydrogen) atoms. The molecule has 0 heterocycles. The molecule has 3 nitrogen and oxygen atoms in total. The fourth-order valence-electron chi connectivity index (χ4n) is 0.469. The third kappa shape index (κ3) is 3.02. The van der Waals surface area contributed by atoms with Crippen molar-refractivity contribution in [2.45, 2.75) is 6.92 Å². The summed E-state index contributed by atoms with van der Waals surface area (Å²) < 4.78 is 0. The maximum Gasteiger partial charge on any atom is 0.149 e. The molecule has 0 spiro atoms. The minimum atomic E-state index is 0.651. The van der Waals surface area contributed by atoms with Gasteiger partial charge in [-0.3, -0.25) is 0 Å². The highest BCUT2D eigenvalue weighted by Gasteiger charge is 1.91. The van der Waals surface area contributed by atoms with Gasteiger partial charge in [0, 0.05) is 14.1 Å². The van der Waals surface area contributed by atoms with Gasteiger partial charge in [-0.2, -0.15) is 0 Å². The normalized spacial score (nSPS) is 12.1. The van der Waals surface area contributed by atoms with E-state index in [9.17, 15) is 0 Å². The Bertz CT molecular complexity index is 156. The average molecular weight is 139 g/mol. The van der Waals surface area contributed by atoms with Gasteiger partial charge in [0.15, 0.2) is 0 Å². The summed E-state index contributed by atoms with van der Waals surface area (Å²) in [6.45, 7) is 1.92. The molecule has 0 rings (SSSR count). The molecule has 0 aliphatic rings. The van der Waals surface area contributed by atoms with E-state index < -0.39 is 0 Å². The lowest BCUT2D eigenvalue weighted by atomic mass is 10.4. The van der Waals surface area contributed by atoms with E-state index in [-0.39, 0.29) is 0 Å². The Labute approximate surface area is 61.5 Å². The molecule has 0 bridgehead atoms. The standard InChI is InChI=1S/C7H13N3/c1-4-5-6-7(9-8)10(2)3/h4-6,8H,1-3H3/b5-4+,7-6+,9-8?. The molecule has 1 N–H and O–H groups in total. The van der Waals surface area contributed by atoms with Gasteiger partial charge in [-0.15, -0.1) is 5.11 Å². The summed E-state index contributed by atoms with van der Waals surface area (Å²) in [5.41, 5.74) is 6.75. The van der Waals surface area contributed by atoms with Crippen LogP contribution < -0.4 is 0 Å². The van der Waals surface area contributed by atoms with Gasteiger partial charge >= 0.3 is 0 Å². The van der Waals surface area contributed by atoms with Gasteiger partial charge in [0.25, 0.3) is 0 Å². The highest BCUT2D eigenvalue weighted by Crippen LogP contribution is 1.98. The van der Waals surface area contributed by atoms with Crippen molar-refractivity contribution in [3.63, 3.8) is 0 Å². The largest absolute Gasteiger partial charge is 0.361 e. The Morgan fingerprint density at radius 3 is 2.40 bits per heavy atom. The Hall–Kier alpha value is -1.12. The number of nitrogens with zero attached hydrogens (tertiary/aromatic N) is 2. The first kappa shape index (κ1) is 8.88. The Kier molecular flexibility index (Phi) is 4.20. The lowest BCUT2D eigenvalue weighted by molar-refractivity contribution is 0.496. The van der Waals surface area contributed by atoms with Gasteiger partial charge in [-0.25, -0.2) is 5.53 Å². The first-order valence-corrected chi connectivity index (χ1v) is 3.10. The predicted molar refractivity (Wildman–Crippen MR) is 41.7 cm³/mol. The van der Waals surface area contributed by atoms with Crippen molar-refractivity contribution in [1.82, 2.24) is 4.90 Å². The molecule has 0 aromatic carbocycles. The molecule has 3 heteroatoms. The minimum Gasteiger partial charge on any atom is -0.361 e. The molecular formula is C7H13N3. The molecule has 0 aromatic rings. The topological polar surface area (TPSA) is 39.5 Å². The second-order valence-electron chi connectivity index (χ2n) is 2.06. The molecule has 0 amide bonds. The van der Waals surface area contributed by atoms with Crippen LogP contribution in [-0.2, 0) is 0 Å². The molecule has 0 aromatic heterocycles. The van der Waals surface area contributed by atoms with Gasteiger partial charge in [0.1, 0.15) is 5.82 Å². The van der Waals surface area contributed by atoms with Gasteiger partial charge in [-0.1, -0.05) is 12.2 Å². The summed E-state index contributed by atoms with van der Waals surface area (Å²) >= 11 is 0. The van der Waals surface area contributed by atoms with Crippen LogP contribution in [0.5, 0.6) is 0 Å². The van der Waals surface area contributed by atoms with E-state index in [1.54, 1.807) is 11.0 Å². The summed E-state index contributed by atoms with van der Waals surface area (Å²) in [5, 5.41) is 3.31. The second kappa shape index (κ2) is 4.73. The number of allylic oxidation sites excluding steroid dienone is 3. The van der Waals surface area contributed by atoms with E-state index >= 15 is 0 Å². The first-order valence-electron chi connectivity index (χ1n) is 3.10. The summed E-state index contributed by atoms with van der Waals surface area (Å²) in [6.07, 6.45) is 5.54. The molecule has 0 saturated heterocycles. The van der Waals surface area contributed by atoms with Crippen molar-refractivity contribution in [3.05, 3.63) is 24.0 Å². The zero-order valence-electron chi connectivity index (χ0n) is 6.63. The summed E-state index contributed by atoms with van der Waals surface area (Å²) in [4.78, 5) is 1.78. The van der Waals surface area contributed by atoms with E-state index in [0.717, 1.165) is 0 Å². The Morgan fingerprint density at radius 1 is 1.50 bits per heavy atom. The van der Waals surface area contributed by atoms with E-state index in [2.05, 4.69) is 5.11 Å². The third-order valence-corrected chi connectivity index (χ3v) is 1.01. The molecule has 0 atom stereocenters. The van der Waals surface area contributed by atoms with Crippen LogP contribution in [0.1, 0.15) is 6.92 Å². The van der Waals surface area contributed by atoms with Crippen LogP contribution in [0, 0.1) is 5.53 Å². The van der Waals surface area contributed by atoms with E-state index in [0.29, 0.717) is 5.82 Å². The average Bonchev–Trinajstić information content (AvgIpc) is 1.89. The molecule has 0 radical (unpaired) electrons. The molecule has 0 unspecified atom stereocenters. The predicted octanol–water partition coefficient (Wildman–Crippen LogP) is 2.00. The SMILES string of the molecule is C/C=C/C=C(\N=N)N(C)C. The van der Waals surface area contributed by atoms with Crippen molar-refractivity contribution in [2.75, 3.05) is 14.1 Å². The van der Waals surface area contributed by atoms with Crippen LogP contribution in [0.4, 0.5) is 0 Å². The lowest BCUT2D eigenvalue weighted by Gasteiger charge is -2.08. The molecule has 0 fully saturated rings. The fourth-order valence-corrected chi connectivity index (χ4v) is 0.469. The summed E-state index contributed by atoms with van der Waals surface area (Å²) in [7, 11) is 3.71. The van der Waals surface area contributed by atoms with E-state index in [4.69, 9.17) is 5.53 Å². The third-order valence-electron chi connectivity index (χ3n) is 1.01. The molecule has 56 valence electrons. The van der Waals surface area contributed by atoms with Crippen LogP contribution in [0.3, 0.4) is 0 Å². The van der Waals surface area contributed by atoms with Gasteiger partial charge in [-0.05, 0) is 13.0 Å². The molecule has 0 saturated carbocycles. The van der Waals surface area contributed by atoms with Crippen LogP contribution >= 0.6 is 0 Å². The van der Waals surface area contributed by atoms with Gasteiger partial charge < -0.3 is 4.90 Å². The lowest BCUT2D eigenvalue weighted by Crippen LogP contribution is -2.08. The van der Waals surface area contributed by atoms with Crippen molar-refractivity contribution in [3.8, 4) is 0 Å². The van der Waals surface area contributed by atoms with Crippen molar-refractivity contribution in [1.29, 1.82) is 5.53 Å². The maximum atomic E-state index is 6.75. The quantitative estimate of drug-likeness (QED) is 0.471. The fraction of sp³-hybridized carbons (Fsp3) is 0.429. The number of nitrogens with one attached hydrogen (secondary N) is 1. The first-order chi connectivity index (χ1) is 4.72. The van der Waals surface area contributed by atoms with Crippen molar-refractivity contribution in [2.24, 2.45) is 5.11 Å². The Balaban J connectivity index is 4.18. The smallest absolute Gasteiger partial charge is 0.149 e. The summed E-state index contributed by atoms with van der Waals surface area (Å²) in [5.74, 6) is 0.651. The van der Waals surface area contributed by atoms with Crippen LogP contribution in [-0.4, -0.2) is 19.0 Å². The van der Waals surface area contributed by atoms with E-state index in [1.165, 1.54) is 0 Å². The monoisotopic (exact) mass is 139 g/mol. The van der Waals surface area contributed by atoms with Gasteiger partial charge in [0.05, 0.1) is 0 Å². The molecular weight excluding hydrogens is 126 g/mol. The summed E-state index contributed by atoms with van der Waals surface area (Å²) in [6, 6.07) is 0. The number of hydrogen-bond donors (Lipinski definition) is 1. The maximum absolute atomic E-state index is 6.75. The number of rotatable bonds is 3. The van der Waals surface area contributed by atoms with Gasteiger partial charge in [0.2, 0.25) is 0 Å². The number of hydrogen-bond acceptors (Lipinski definition) is 3. The van der Waals surface area contributed by atoms with Crippen molar-refractivity contribution < 1.29 is 0 Å². The van der Waals surface area contributed by atoms with Crippen molar-refractivity contribution >= 4 is 0 Å². The van der Waals surface area contributed by atoms with E-state index in [1.807, 2.05) is 33.2 Å². The minimum absolute atomic E-state index is 0.651. The van der Waals surface area contributed by atoms with Crippen LogP contribution in [0.15, 0.2) is 29.2 Å². The highest BCUT2D eigenvalue weighted by atomic mass is 15.2. The zero-order chi connectivity index (χ0) is 7.98. The van der Waals surface area contributed by atoms with Crippen LogP contribution in [0.2, 0.25) is 0 Å². The highest BCUT2D eigenvalue weighted by molar-refractivity contribution is 5.08. The zero-order valence-corrected chi connectivity index (χ0v) is 6.63. The second-order valence-corrected chi connectivity index (χ2v) is 2.06. The molecule has 0 aliphatic heterocycles. The Morgan fingerprint density at radius 2 is 2.10 bits per heavy atom. The van der Waals surface area contributed by atoms with Crippen LogP contribution in [0.25, 0.3) is 0 Å².